The van der Waals surface area contributed by atoms with Crippen molar-refractivity contribution >= 4 is 0 Å². The molecule has 112 valence electrons. The molecule has 1 aliphatic rings. The van der Waals surface area contributed by atoms with Crippen molar-refractivity contribution in [3.05, 3.63) is 32.6 Å². The molecule has 0 spiro atoms. The lowest BCUT2D eigenvalue weighted by molar-refractivity contribution is -0.198. The zero-order valence-electron chi connectivity index (χ0n) is 10.5. The molecule has 6 nitrogen and oxygen atoms in total. The normalized spacial score (nSPS) is 26.9. The van der Waals surface area contributed by atoms with E-state index < -0.39 is 48.7 Å². The smallest absolute Gasteiger partial charge is 0.394 e. The van der Waals surface area contributed by atoms with E-state index in [4.69, 9.17) is 9.84 Å². The second-order valence-corrected chi connectivity index (χ2v) is 4.69. The van der Waals surface area contributed by atoms with Gasteiger partial charge in [0.05, 0.1) is 12.7 Å². The molecule has 1 aromatic rings. The van der Waals surface area contributed by atoms with E-state index in [1.54, 1.807) is 0 Å². The van der Waals surface area contributed by atoms with Crippen LogP contribution < -0.4 is 11.2 Å². The number of aromatic amines is 1. The zero-order valence-corrected chi connectivity index (χ0v) is 10.5. The van der Waals surface area contributed by atoms with Gasteiger partial charge in [-0.25, -0.2) is 4.79 Å². The molecule has 0 unspecified atom stereocenters. The highest BCUT2D eigenvalue weighted by Crippen LogP contribution is 2.43. The van der Waals surface area contributed by atoms with E-state index in [1.807, 2.05) is 4.98 Å². The van der Waals surface area contributed by atoms with E-state index in [0.717, 1.165) is 6.20 Å². The lowest BCUT2D eigenvalue weighted by Crippen LogP contribution is -2.38. The number of nitrogens with one attached hydrogen (secondary N) is 1. The van der Waals surface area contributed by atoms with Gasteiger partial charge in [0.1, 0.15) is 12.1 Å². The largest absolute Gasteiger partial charge is 0.396 e. The number of aliphatic hydroxyl groups is 1. The van der Waals surface area contributed by atoms with Gasteiger partial charge in [-0.1, -0.05) is 0 Å². The number of hydrogen-bond donors (Lipinski definition) is 2. The Bertz CT molecular complexity index is 607. The van der Waals surface area contributed by atoms with Gasteiger partial charge in [-0.15, -0.1) is 0 Å². The van der Waals surface area contributed by atoms with Crippen molar-refractivity contribution in [3.8, 4) is 0 Å². The quantitative estimate of drug-likeness (QED) is 0.822. The minimum atomic E-state index is -4.57. The SMILES string of the molecule is Cc1cn([C@H]2O[C@H](CO)C[C@H]2C(F)(F)F)c(=O)[nH]c1=O. The molecule has 0 bridgehead atoms. The number of aromatic nitrogens is 2. The van der Waals surface area contributed by atoms with Gasteiger partial charge in [-0.3, -0.25) is 14.3 Å². The van der Waals surface area contributed by atoms with E-state index in [9.17, 15) is 22.8 Å². The number of ether oxygens (including phenoxy) is 1. The first-order valence-electron chi connectivity index (χ1n) is 5.89. The first-order chi connectivity index (χ1) is 9.24. The van der Waals surface area contributed by atoms with E-state index in [2.05, 4.69) is 0 Å². The van der Waals surface area contributed by atoms with Gasteiger partial charge in [0, 0.05) is 11.8 Å². The minimum absolute atomic E-state index is 0.0987. The number of alkyl halides is 3. The minimum Gasteiger partial charge on any atom is -0.394 e. The highest BCUT2D eigenvalue weighted by atomic mass is 19.4. The highest BCUT2D eigenvalue weighted by molar-refractivity contribution is 5.02. The molecular weight excluding hydrogens is 281 g/mol. The Morgan fingerprint density at radius 3 is 2.70 bits per heavy atom. The number of aryl methyl sites for hydroxylation is 1. The topological polar surface area (TPSA) is 84.3 Å². The highest BCUT2D eigenvalue weighted by Gasteiger charge is 2.52. The summed E-state index contributed by atoms with van der Waals surface area (Å²) in [6.45, 7) is 0.802. The van der Waals surface area contributed by atoms with Crippen molar-refractivity contribution in [2.45, 2.75) is 31.9 Å². The third-order valence-corrected chi connectivity index (χ3v) is 3.24. The molecule has 2 N–H and O–H groups in total. The Morgan fingerprint density at radius 1 is 1.50 bits per heavy atom. The lowest BCUT2D eigenvalue weighted by Gasteiger charge is -2.22. The number of H-pyrrole nitrogens is 1. The summed E-state index contributed by atoms with van der Waals surface area (Å²) in [5.41, 5.74) is -1.54. The van der Waals surface area contributed by atoms with E-state index in [-0.39, 0.29) is 5.56 Å². The molecule has 3 atom stereocenters. The van der Waals surface area contributed by atoms with Crippen LogP contribution in [0.15, 0.2) is 15.8 Å². The molecule has 1 saturated heterocycles. The molecule has 0 saturated carbocycles. The molecule has 0 aromatic carbocycles. The van der Waals surface area contributed by atoms with Crippen LogP contribution in [-0.4, -0.2) is 33.5 Å². The van der Waals surface area contributed by atoms with Crippen molar-refractivity contribution in [2.75, 3.05) is 6.61 Å². The third-order valence-electron chi connectivity index (χ3n) is 3.24. The van der Waals surface area contributed by atoms with Gasteiger partial charge in [0.25, 0.3) is 5.56 Å². The van der Waals surface area contributed by atoms with Crippen LogP contribution in [-0.2, 0) is 4.74 Å². The van der Waals surface area contributed by atoms with Gasteiger partial charge in [-0.2, -0.15) is 13.2 Å². The average Bonchev–Trinajstić information content (AvgIpc) is 2.77. The predicted octanol–water partition coefficient (Wildman–Crippen LogP) is 0.303. The van der Waals surface area contributed by atoms with E-state index in [0.29, 0.717) is 4.57 Å². The molecule has 20 heavy (non-hydrogen) atoms. The van der Waals surface area contributed by atoms with Crippen LogP contribution in [0.4, 0.5) is 13.2 Å². The molecular formula is C11H13F3N2O4. The summed E-state index contributed by atoms with van der Waals surface area (Å²) in [6.07, 6.45) is -6.56. The zero-order chi connectivity index (χ0) is 15.1. The number of rotatable bonds is 2. The molecule has 2 heterocycles. The van der Waals surface area contributed by atoms with Crippen molar-refractivity contribution in [1.82, 2.24) is 9.55 Å². The molecule has 1 fully saturated rings. The summed E-state index contributed by atoms with van der Waals surface area (Å²) in [6, 6.07) is 0. The van der Waals surface area contributed by atoms with E-state index >= 15 is 0 Å². The molecule has 1 aromatic heterocycles. The van der Waals surface area contributed by atoms with Crippen LogP contribution in [0.25, 0.3) is 0 Å². The first-order valence-corrected chi connectivity index (χ1v) is 5.89. The lowest BCUT2D eigenvalue weighted by atomic mass is 10.0. The fraction of sp³-hybridized carbons (Fsp3) is 0.636. The standard InChI is InChI=1S/C11H13F3N2O4/c1-5-3-16(10(19)15-8(5)18)9-7(11(12,13)14)2-6(4-17)20-9/h3,6-7,9,17H,2,4H2,1H3,(H,15,18,19)/t6-,7+,9-/m0/s1. The van der Waals surface area contributed by atoms with Crippen LogP contribution >= 0.6 is 0 Å². The first kappa shape index (κ1) is 14.8. The van der Waals surface area contributed by atoms with Gasteiger partial charge < -0.3 is 9.84 Å². The van der Waals surface area contributed by atoms with Gasteiger partial charge in [0.2, 0.25) is 0 Å². The fourth-order valence-electron chi connectivity index (χ4n) is 2.19. The Balaban J connectivity index is 2.47. The molecule has 2 rings (SSSR count). The molecule has 0 amide bonds. The average molecular weight is 294 g/mol. The number of nitrogens with zero attached hydrogens (tertiary/aromatic N) is 1. The summed E-state index contributed by atoms with van der Waals surface area (Å²) in [4.78, 5) is 24.8. The van der Waals surface area contributed by atoms with E-state index in [1.165, 1.54) is 6.92 Å². The maximum Gasteiger partial charge on any atom is 0.396 e. The molecule has 9 heteroatoms. The van der Waals surface area contributed by atoms with Crippen LogP contribution in [0.1, 0.15) is 18.2 Å². The molecule has 1 aliphatic heterocycles. The Hall–Kier alpha value is -1.61. The van der Waals surface area contributed by atoms with Crippen molar-refractivity contribution in [3.63, 3.8) is 0 Å². The summed E-state index contributed by atoms with van der Waals surface area (Å²) in [5.74, 6) is -1.91. The monoisotopic (exact) mass is 294 g/mol. The van der Waals surface area contributed by atoms with Crippen LogP contribution in [0.2, 0.25) is 0 Å². The number of halogens is 3. The number of aliphatic hydroxyl groups excluding tert-OH is 1. The molecule has 0 radical (unpaired) electrons. The Morgan fingerprint density at radius 2 is 2.15 bits per heavy atom. The van der Waals surface area contributed by atoms with Crippen molar-refractivity contribution in [1.29, 1.82) is 0 Å². The summed E-state index contributed by atoms with van der Waals surface area (Å²) < 4.78 is 44.7. The van der Waals surface area contributed by atoms with Crippen LogP contribution in [0, 0.1) is 12.8 Å². The Kier molecular flexibility index (Phi) is 3.74. The molecule has 0 aliphatic carbocycles. The Labute approximate surface area is 110 Å². The fourth-order valence-corrected chi connectivity index (χ4v) is 2.19. The second kappa shape index (κ2) is 5.06. The maximum atomic E-state index is 13.0. The van der Waals surface area contributed by atoms with Crippen LogP contribution in [0.3, 0.4) is 0 Å². The van der Waals surface area contributed by atoms with Crippen LogP contribution in [0.5, 0.6) is 0 Å². The second-order valence-electron chi connectivity index (χ2n) is 4.69. The van der Waals surface area contributed by atoms with Crippen molar-refractivity contribution < 1.29 is 23.0 Å². The maximum absolute atomic E-state index is 13.0. The third kappa shape index (κ3) is 2.63. The summed E-state index contributed by atoms with van der Waals surface area (Å²) in [5, 5.41) is 8.94. The van der Waals surface area contributed by atoms with Gasteiger partial charge in [0.15, 0.2) is 0 Å². The van der Waals surface area contributed by atoms with Crippen molar-refractivity contribution in [2.24, 2.45) is 5.92 Å². The van der Waals surface area contributed by atoms with Gasteiger partial charge >= 0.3 is 11.9 Å². The summed E-state index contributed by atoms with van der Waals surface area (Å²) >= 11 is 0. The predicted molar refractivity (Wildman–Crippen MR) is 61.2 cm³/mol. The van der Waals surface area contributed by atoms with Gasteiger partial charge in [-0.05, 0) is 13.3 Å². The summed E-state index contributed by atoms with van der Waals surface area (Å²) in [7, 11) is 0. The number of hydrogen-bond acceptors (Lipinski definition) is 4.